The largest absolute Gasteiger partial charge is 0.381 e. The third kappa shape index (κ3) is 4.49. The van der Waals surface area contributed by atoms with Crippen LogP contribution in [0.2, 0.25) is 0 Å². The first-order chi connectivity index (χ1) is 7.34. The van der Waals surface area contributed by atoms with Crippen molar-refractivity contribution in [2.75, 3.05) is 39.9 Å². The molecule has 0 aromatic carbocycles. The van der Waals surface area contributed by atoms with Crippen LogP contribution in [0.4, 0.5) is 0 Å². The standard InChI is InChI=1S/C12H24N2O/c1-14(7-6-13-12-2-3-12)10-11-4-8-15-9-5-11/h11-13H,2-10H2,1H3. The second-order valence-electron chi connectivity index (χ2n) is 5.05. The minimum absolute atomic E-state index is 0.849. The SMILES string of the molecule is CN(CCNC1CC1)CC1CCOCC1. The maximum absolute atomic E-state index is 5.37. The summed E-state index contributed by atoms with van der Waals surface area (Å²) in [7, 11) is 2.24. The molecule has 0 aromatic heterocycles. The third-order valence-electron chi connectivity index (χ3n) is 3.41. The molecule has 1 aliphatic heterocycles. The molecule has 1 saturated carbocycles. The fourth-order valence-electron chi connectivity index (χ4n) is 2.21. The van der Waals surface area contributed by atoms with Crippen LogP contribution in [0.3, 0.4) is 0 Å². The number of hydrogen-bond acceptors (Lipinski definition) is 3. The van der Waals surface area contributed by atoms with Gasteiger partial charge in [-0.05, 0) is 38.6 Å². The van der Waals surface area contributed by atoms with Crippen LogP contribution in [0.5, 0.6) is 0 Å². The molecule has 15 heavy (non-hydrogen) atoms. The quantitative estimate of drug-likeness (QED) is 0.713. The van der Waals surface area contributed by atoms with E-state index in [9.17, 15) is 0 Å². The van der Waals surface area contributed by atoms with Gasteiger partial charge in [-0.1, -0.05) is 0 Å². The number of hydrogen-bond donors (Lipinski definition) is 1. The third-order valence-corrected chi connectivity index (χ3v) is 3.41. The van der Waals surface area contributed by atoms with Crippen LogP contribution in [-0.2, 0) is 4.74 Å². The lowest BCUT2D eigenvalue weighted by atomic mass is 10.00. The molecule has 3 nitrogen and oxygen atoms in total. The van der Waals surface area contributed by atoms with Crippen LogP contribution in [-0.4, -0.2) is 50.8 Å². The molecule has 3 heteroatoms. The van der Waals surface area contributed by atoms with Gasteiger partial charge in [0.1, 0.15) is 0 Å². The first-order valence-electron chi connectivity index (χ1n) is 6.34. The molecule has 1 aliphatic carbocycles. The summed E-state index contributed by atoms with van der Waals surface area (Å²) in [6, 6.07) is 0.849. The van der Waals surface area contributed by atoms with Crippen LogP contribution in [0.15, 0.2) is 0 Å². The summed E-state index contributed by atoms with van der Waals surface area (Å²) in [5.74, 6) is 0.865. The van der Waals surface area contributed by atoms with Crippen molar-refractivity contribution in [2.24, 2.45) is 5.92 Å². The van der Waals surface area contributed by atoms with Crippen molar-refractivity contribution in [1.82, 2.24) is 10.2 Å². The van der Waals surface area contributed by atoms with Crippen LogP contribution in [0.1, 0.15) is 25.7 Å². The monoisotopic (exact) mass is 212 g/mol. The van der Waals surface area contributed by atoms with E-state index in [0.29, 0.717) is 0 Å². The van der Waals surface area contributed by atoms with Crippen molar-refractivity contribution in [3.8, 4) is 0 Å². The number of rotatable bonds is 6. The summed E-state index contributed by atoms with van der Waals surface area (Å²) >= 11 is 0. The highest BCUT2D eigenvalue weighted by Crippen LogP contribution is 2.18. The topological polar surface area (TPSA) is 24.5 Å². The Bertz CT molecular complexity index is 176. The smallest absolute Gasteiger partial charge is 0.0469 e. The van der Waals surface area contributed by atoms with Crippen molar-refractivity contribution in [2.45, 2.75) is 31.7 Å². The molecule has 1 N–H and O–H groups in total. The van der Waals surface area contributed by atoms with E-state index in [-0.39, 0.29) is 0 Å². The number of likely N-dealkylation sites (N-methyl/N-ethyl adjacent to an activating group) is 1. The summed E-state index contributed by atoms with van der Waals surface area (Å²) < 4.78 is 5.37. The minimum Gasteiger partial charge on any atom is -0.381 e. The summed E-state index contributed by atoms with van der Waals surface area (Å²) in [5.41, 5.74) is 0. The molecular formula is C12H24N2O. The fourth-order valence-corrected chi connectivity index (χ4v) is 2.21. The van der Waals surface area contributed by atoms with E-state index < -0.39 is 0 Å². The lowest BCUT2D eigenvalue weighted by Crippen LogP contribution is -2.35. The molecule has 0 radical (unpaired) electrons. The van der Waals surface area contributed by atoms with E-state index in [4.69, 9.17) is 4.74 Å². The number of nitrogens with zero attached hydrogens (tertiary/aromatic N) is 1. The Morgan fingerprint density at radius 3 is 2.60 bits per heavy atom. The van der Waals surface area contributed by atoms with Crippen LogP contribution < -0.4 is 5.32 Å². The van der Waals surface area contributed by atoms with Crippen LogP contribution in [0, 0.1) is 5.92 Å². The highest BCUT2D eigenvalue weighted by molar-refractivity contribution is 4.81. The van der Waals surface area contributed by atoms with Gasteiger partial charge in [0.2, 0.25) is 0 Å². The Morgan fingerprint density at radius 1 is 1.20 bits per heavy atom. The average Bonchev–Trinajstić information content (AvgIpc) is 3.03. The molecule has 2 fully saturated rings. The van der Waals surface area contributed by atoms with Gasteiger partial charge >= 0.3 is 0 Å². The molecule has 0 unspecified atom stereocenters. The molecule has 1 saturated heterocycles. The van der Waals surface area contributed by atoms with E-state index in [0.717, 1.165) is 31.7 Å². The Morgan fingerprint density at radius 2 is 1.93 bits per heavy atom. The van der Waals surface area contributed by atoms with Gasteiger partial charge < -0.3 is 15.0 Å². The van der Waals surface area contributed by atoms with Crippen LogP contribution in [0.25, 0.3) is 0 Å². The summed E-state index contributed by atoms with van der Waals surface area (Å²) in [6.45, 7) is 5.53. The Balaban J connectivity index is 1.51. The lowest BCUT2D eigenvalue weighted by molar-refractivity contribution is 0.0558. The Kier molecular flexibility index (Phi) is 4.42. The zero-order valence-corrected chi connectivity index (χ0v) is 9.87. The first kappa shape index (κ1) is 11.4. The van der Waals surface area contributed by atoms with E-state index in [2.05, 4.69) is 17.3 Å². The second-order valence-corrected chi connectivity index (χ2v) is 5.05. The Labute approximate surface area is 93.2 Å². The fraction of sp³-hybridized carbons (Fsp3) is 1.00. The van der Waals surface area contributed by atoms with Gasteiger partial charge in [0.25, 0.3) is 0 Å². The van der Waals surface area contributed by atoms with E-state index >= 15 is 0 Å². The van der Waals surface area contributed by atoms with Gasteiger partial charge in [0, 0.05) is 38.9 Å². The predicted octanol–water partition coefficient (Wildman–Crippen LogP) is 1.10. The zero-order chi connectivity index (χ0) is 10.5. The minimum atomic E-state index is 0.849. The number of nitrogens with one attached hydrogen (secondary N) is 1. The molecule has 0 spiro atoms. The molecule has 0 amide bonds. The molecule has 1 heterocycles. The molecular weight excluding hydrogens is 188 g/mol. The Hall–Kier alpha value is -0.120. The second kappa shape index (κ2) is 5.83. The van der Waals surface area contributed by atoms with Crippen molar-refractivity contribution in [3.05, 3.63) is 0 Å². The lowest BCUT2D eigenvalue weighted by Gasteiger charge is -2.27. The van der Waals surface area contributed by atoms with Gasteiger partial charge in [-0.2, -0.15) is 0 Å². The maximum Gasteiger partial charge on any atom is 0.0469 e. The van der Waals surface area contributed by atoms with Crippen molar-refractivity contribution in [3.63, 3.8) is 0 Å². The van der Waals surface area contributed by atoms with E-state index in [1.165, 1.54) is 38.8 Å². The normalized spacial score (nSPS) is 23.6. The van der Waals surface area contributed by atoms with E-state index in [1.54, 1.807) is 0 Å². The van der Waals surface area contributed by atoms with Crippen molar-refractivity contribution in [1.29, 1.82) is 0 Å². The molecule has 0 bridgehead atoms. The number of ether oxygens (including phenoxy) is 1. The van der Waals surface area contributed by atoms with E-state index in [1.807, 2.05) is 0 Å². The highest BCUT2D eigenvalue weighted by atomic mass is 16.5. The van der Waals surface area contributed by atoms with Crippen molar-refractivity contribution >= 4 is 0 Å². The van der Waals surface area contributed by atoms with Gasteiger partial charge in [0.15, 0.2) is 0 Å². The average molecular weight is 212 g/mol. The molecule has 0 aromatic rings. The molecule has 88 valence electrons. The molecule has 2 rings (SSSR count). The summed E-state index contributed by atoms with van der Waals surface area (Å²) in [4.78, 5) is 2.46. The predicted molar refractivity (Wildman–Crippen MR) is 62.1 cm³/mol. The van der Waals surface area contributed by atoms with Crippen LogP contribution >= 0.6 is 0 Å². The van der Waals surface area contributed by atoms with Gasteiger partial charge in [0.05, 0.1) is 0 Å². The highest BCUT2D eigenvalue weighted by Gasteiger charge is 2.20. The first-order valence-corrected chi connectivity index (χ1v) is 6.34. The molecule has 2 aliphatic rings. The summed E-state index contributed by atoms with van der Waals surface area (Å²) in [5, 5.41) is 3.56. The zero-order valence-electron chi connectivity index (χ0n) is 9.87. The van der Waals surface area contributed by atoms with Gasteiger partial charge in [-0.3, -0.25) is 0 Å². The van der Waals surface area contributed by atoms with Gasteiger partial charge in [-0.15, -0.1) is 0 Å². The molecule has 0 atom stereocenters. The maximum atomic E-state index is 5.37. The van der Waals surface area contributed by atoms with Gasteiger partial charge in [-0.25, -0.2) is 0 Å². The van der Waals surface area contributed by atoms with Crippen molar-refractivity contribution < 1.29 is 4.74 Å². The summed E-state index contributed by atoms with van der Waals surface area (Å²) in [6.07, 6.45) is 5.29.